The van der Waals surface area contributed by atoms with Crippen LogP contribution in [-0.2, 0) is 9.59 Å². The van der Waals surface area contributed by atoms with Gasteiger partial charge in [-0.1, -0.05) is 31.0 Å². The Labute approximate surface area is 170 Å². The lowest BCUT2D eigenvalue weighted by atomic mass is 9.97. The van der Waals surface area contributed by atoms with Crippen molar-refractivity contribution in [3.63, 3.8) is 0 Å². The number of rotatable bonds is 7. The summed E-state index contributed by atoms with van der Waals surface area (Å²) < 4.78 is 5.69. The molecule has 1 saturated heterocycles. The van der Waals surface area contributed by atoms with Crippen LogP contribution in [0.25, 0.3) is 0 Å². The van der Waals surface area contributed by atoms with Crippen molar-refractivity contribution in [3.8, 4) is 5.75 Å². The molecule has 0 bridgehead atoms. The molecule has 3 rings (SSSR count). The third kappa shape index (κ3) is 4.22. The highest BCUT2D eigenvalue weighted by Gasteiger charge is 2.54. The lowest BCUT2D eigenvalue weighted by Gasteiger charge is -2.24. The van der Waals surface area contributed by atoms with Gasteiger partial charge in [0.2, 0.25) is 5.91 Å². The van der Waals surface area contributed by atoms with Gasteiger partial charge in [0.25, 0.3) is 5.91 Å². The van der Waals surface area contributed by atoms with E-state index in [1.165, 1.54) is 6.92 Å². The number of carbonyl (C=O) groups is 3. The number of aryl methyl sites for hydroxylation is 2. The number of ether oxygens (including phenoxy) is 1. The van der Waals surface area contributed by atoms with Crippen molar-refractivity contribution in [3.05, 3.63) is 29.3 Å². The van der Waals surface area contributed by atoms with Gasteiger partial charge in [-0.05, 0) is 44.7 Å². The second kappa shape index (κ2) is 8.41. The number of hydrogen-bond acceptors (Lipinski definition) is 5. The normalized spacial score (nSPS) is 19.9. The van der Waals surface area contributed by atoms with Crippen molar-refractivity contribution in [2.75, 3.05) is 13.2 Å². The van der Waals surface area contributed by atoms with Crippen LogP contribution in [0.2, 0.25) is 0 Å². The highest BCUT2D eigenvalue weighted by Crippen LogP contribution is 2.35. The summed E-state index contributed by atoms with van der Waals surface area (Å²) in [5.41, 5.74) is 1.09. The third-order valence-electron chi connectivity index (χ3n) is 5.76. The monoisotopic (exact) mass is 403 g/mol. The highest BCUT2D eigenvalue weighted by molar-refractivity contribution is 6.09. The summed E-state index contributed by atoms with van der Waals surface area (Å²) in [6.07, 6.45) is 2.06. The molecule has 3 N–H and O–H groups in total. The molecule has 158 valence electrons. The average molecular weight is 403 g/mol. The number of benzene rings is 1. The predicted molar refractivity (Wildman–Crippen MR) is 106 cm³/mol. The minimum Gasteiger partial charge on any atom is -0.490 e. The first-order valence-electron chi connectivity index (χ1n) is 10.1. The van der Waals surface area contributed by atoms with E-state index in [4.69, 9.17) is 4.74 Å². The second-order valence-electron chi connectivity index (χ2n) is 8.00. The zero-order chi connectivity index (χ0) is 21.2. The number of carbonyl (C=O) groups excluding carboxylic acids is 3. The summed E-state index contributed by atoms with van der Waals surface area (Å²) in [5.74, 6) is -0.108. The molecule has 0 aromatic heterocycles. The average Bonchev–Trinajstić information content (AvgIpc) is 3.24. The Hall–Kier alpha value is -2.61. The molecule has 1 spiro atoms. The van der Waals surface area contributed by atoms with Crippen LogP contribution < -0.4 is 15.4 Å². The summed E-state index contributed by atoms with van der Waals surface area (Å²) in [7, 11) is 0. The Kier molecular flexibility index (Phi) is 6.12. The highest BCUT2D eigenvalue weighted by atomic mass is 16.5. The van der Waals surface area contributed by atoms with E-state index in [1.807, 2.05) is 32.0 Å². The molecule has 1 aromatic rings. The lowest BCUT2D eigenvalue weighted by molar-refractivity contribution is -0.138. The first-order valence-corrected chi connectivity index (χ1v) is 10.1. The fourth-order valence-corrected chi connectivity index (χ4v) is 4.06. The summed E-state index contributed by atoms with van der Waals surface area (Å²) in [6, 6.07) is 4.30. The van der Waals surface area contributed by atoms with Crippen LogP contribution in [0.15, 0.2) is 18.2 Å². The van der Waals surface area contributed by atoms with Crippen LogP contribution in [0.4, 0.5) is 4.79 Å². The van der Waals surface area contributed by atoms with Gasteiger partial charge in [-0.3, -0.25) is 9.59 Å². The molecule has 2 fully saturated rings. The molecule has 2 atom stereocenters. The number of para-hydroxylation sites is 1. The summed E-state index contributed by atoms with van der Waals surface area (Å²) in [6.45, 7) is 5.34. The smallest absolute Gasteiger partial charge is 0.325 e. The topological polar surface area (TPSA) is 108 Å². The number of nitrogens with zero attached hydrogens (tertiary/aromatic N) is 1. The molecule has 8 heteroatoms. The van der Waals surface area contributed by atoms with Crippen LogP contribution in [0.5, 0.6) is 5.75 Å². The molecular formula is C21H29N3O5. The van der Waals surface area contributed by atoms with E-state index in [-0.39, 0.29) is 19.1 Å². The van der Waals surface area contributed by atoms with Crippen LogP contribution in [0.3, 0.4) is 0 Å². The number of aliphatic hydroxyl groups is 1. The van der Waals surface area contributed by atoms with E-state index in [9.17, 15) is 19.5 Å². The number of nitrogens with one attached hydrogen (secondary N) is 2. The van der Waals surface area contributed by atoms with E-state index in [1.54, 1.807) is 0 Å². The van der Waals surface area contributed by atoms with E-state index in [0.717, 1.165) is 28.9 Å². The Morgan fingerprint density at radius 1 is 1.28 bits per heavy atom. The maximum atomic E-state index is 12.7. The van der Waals surface area contributed by atoms with Gasteiger partial charge >= 0.3 is 6.03 Å². The third-order valence-corrected chi connectivity index (χ3v) is 5.76. The first-order chi connectivity index (χ1) is 13.7. The van der Waals surface area contributed by atoms with Crippen molar-refractivity contribution >= 4 is 17.8 Å². The number of urea groups is 1. The fourth-order valence-electron chi connectivity index (χ4n) is 4.06. The maximum absolute atomic E-state index is 12.7. The van der Waals surface area contributed by atoms with Crippen LogP contribution in [0.1, 0.15) is 43.7 Å². The molecule has 2 unspecified atom stereocenters. The first kappa shape index (κ1) is 21.1. The zero-order valence-corrected chi connectivity index (χ0v) is 17.2. The van der Waals surface area contributed by atoms with Crippen LogP contribution in [-0.4, -0.2) is 58.7 Å². The second-order valence-corrected chi connectivity index (χ2v) is 8.00. The van der Waals surface area contributed by atoms with Crippen LogP contribution >= 0.6 is 0 Å². The largest absolute Gasteiger partial charge is 0.490 e. The summed E-state index contributed by atoms with van der Waals surface area (Å²) >= 11 is 0. The zero-order valence-electron chi connectivity index (χ0n) is 17.2. The van der Waals surface area contributed by atoms with Crippen molar-refractivity contribution < 1.29 is 24.2 Å². The fraction of sp³-hybridized carbons (Fsp3) is 0.571. The molecule has 4 amide bonds. The number of amides is 4. The van der Waals surface area contributed by atoms with Gasteiger partial charge in [-0.2, -0.15) is 0 Å². The molecule has 1 aliphatic heterocycles. The van der Waals surface area contributed by atoms with E-state index < -0.39 is 29.6 Å². The number of hydrogen-bond donors (Lipinski definition) is 3. The Balaban J connectivity index is 1.51. The predicted octanol–water partition coefficient (Wildman–Crippen LogP) is 1.41. The lowest BCUT2D eigenvalue weighted by Crippen LogP contribution is -2.51. The Morgan fingerprint density at radius 3 is 2.52 bits per heavy atom. The number of imide groups is 1. The molecule has 1 heterocycles. The Morgan fingerprint density at radius 2 is 1.90 bits per heavy atom. The van der Waals surface area contributed by atoms with Gasteiger partial charge in [0.1, 0.15) is 30.0 Å². The molecular weight excluding hydrogens is 374 g/mol. The van der Waals surface area contributed by atoms with Gasteiger partial charge in [0, 0.05) is 6.54 Å². The van der Waals surface area contributed by atoms with Gasteiger partial charge in [0.05, 0.1) is 0 Å². The molecule has 1 aromatic carbocycles. The van der Waals surface area contributed by atoms with Crippen molar-refractivity contribution in [1.82, 2.24) is 15.5 Å². The van der Waals surface area contributed by atoms with Gasteiger partial charge in [-0.25, -0.2) is 9.69 Å². The van der Waals surface area contributed by atoms with Crippen molar-refractivity contribution in [2.45, 2.75) is 64.1 Å². The Bertz CT molecular complexity index is 783. The minimum absolute atomic E-state index is 0.0204. The molecule has 0 radical (unpaired) electrons. The van der Waals surface area contributed by atoms with Gasteiger partial charge < -0.3 is 20.5 Å². The van der Waals surface area contributed by atoms with Crippen molar-refractivity contribution in [1.29, 1.82) is 0 Å². The standard InChI is InChI=1S/C21H29N3O5/c1-13-7-6-8-14(2)17(13)29-12-16(25)11-22-18(26)15(3)24-19(27)21(23-20(24)28)9-4-5-10-21/h6-8,15-16,25H,4-5,9-12H2,1-3H3,(H,22,26)(H,23,28). The van der Waals surface area contributed by atoms with Gasteiger partial charge in [0.15, 0.2) is 0 Å². The molecule has 1 saturated carbocycles. The van der Waals surface area contributed by atoms with Gasteiger partial charge in [-0.15, -0.1) is 0 Å². The number of aliphatic hydroxyl groups excluding tert-OH is 1. The van der Waals surface area contributed by atoms with Crippen LogP contribution in [0, 0.1) is 13.8 Å². The van der Waals surface area contributed by atoms with Crippen molar-refractivity contribution in [2.24, 2.45) is 0 Å². The molecule has 8 nitrogen and oxygen atoms in total. The minimum atomic E-state index is -0.950. The molecule has 1 aliphatic carbocycles. The summed E-state index contributed by atoms with van der Waals surface area (Å²) in [5, 5.41) is 15.5. The van der Waals surface area contributed by atoms with E-state index >= 15 is 0 Å². The SMILES string of the molecule is Cc1cccc(C)c1OCC(O)CNC(=O)C(C)N1C(=O)NC2(CCCC2)C1=O. The maximum Gasteiger partial charge on any atom is 0.325 e. The summed E-state index contributed by atoms with van der Waals surface area (Å²) in [4.78, 5) is 38.5. The molecule has 2 aliphatic rings. The van der Waals surface area contributed by atoms with E-state index in [2.05, 4.69) is 10.6 Å². The molecule has 29 heavy (non-hydrogen) atoms. The quantitative estimate of drug-likeness (QED) is 0.597. The van der Waals surface area contributed by atoms with E-state index in [0.29, 0.717) is 18.6 Å².